The maximum absolute atomic E-state index is 11.9. The Balaban J connectivity index is 1.55. The zero-order chi connectivity index (χ0) is 13.6. The molecule has 1 aromatic rings. The molecule has 0 saturated heterocycles. The summed E-state index contributed by atoms with van der Waals surface area (Å²) in [6.07, 6.45) is 1.98. The Morgan fingerprint density at radius 3 is 2.79 bits per heavy atom. The van der Waals surface area contributed by atoms with E-state index in [1.165, 1.54) is 0 Å². The van der Waals surface area contributed by atoms with Gasteiger partial charge in [-0.15, -0.1) is 0 Å². The van der Waals surface area contributed by atoms with Gasteiger partial charge in [0.1, 0.15) is 5.76 Å². The summed E-state index contributed by atoms with van der Waals surface area (Å²) in [6, 6.07) is 0.117. The lowest BCUT2D eigenvalue weighted by Gasteiger charge is -2.16. The van der Waals surface area contributed by atoms with Crippen LogP contribution in [0.3, 0.4) is 0 Å². The fourth-order valence-electron chi connectivity index (χ4n) is 3.12. The zero-order valence-corrected chi connectivity index (χ0v) is 11.1. The first-order valence-electron chi connectivity index (χ1n) is 6.71. The highest BCUT2D eigenvalue weighted by Gasteiger charge is 2.54. The third-order valence-electron chi connectivity index (χ3n) is 4.37. The number of aryl methyl sites for hydroxylation is 2. The van der Waals surface area contributed by atoms with Crippen LogP contribution in [-0.4, -0.2) is 28.8 Å². The molecule has 0 aliphatic heterocycles. The van der Waals surface area contributed by atoms with Crippen LogP contribution in [0.4, 0.5) is 10.8 Å². The first-order chi connectivity index (χ1) is 9.08. The van der Waals surface area contributed by atoms with E-state index in [-0.39, 0.29) is 24.7 Å². The lowest BCUT2D eigenvalue weighted by atomic mass is 10.0. The summed E-state index contributed by atoms with van der Waals surface area (Å²) in [5, 5.41) is 14.8. The Hall–Kier alpha value is -1.56. The largest absolute Gasteiger partial charge is 0.428 e. The predicted molar refractivity (Wildman–Crippen MR) is 68.7 cm³/mol. The summed E-state index contributed by atoms with van der Waals surface area (Å²) in [5.41, 5.74) is 0.777. The number of carbonyl (C=O) groups is 1. The number of fused-ring (bicyclic) bond motifs is 1. The lowest BCUT2D eigenvalue weighted by molar-refractivity contribution is 0.209. The fraction of sp³-hybridized carbons (Fsp3) is 0.692. The second-order valence-electron chi connectivity index (χ2n) is 5.61. The molecule has 1 aromatic heterocycles. The molecule has 3 rings (SSSR count). The molecule has 1 heterocycles. The minimum Gasteiger partial charge on any atom is -0.428 e. The van der Waals surface area contributed by atoms with Crippen molar-refractivity contribution in [3.63, 3.8) is 0 Å². The van der Waals surface area contributed by atoms with E-state index in [2.05, 4.69) is 15.6 Å². The number of hydrogen-bond acceptors (Lipinski definition) is 4. The number of anilines is 1. The second-order valence-corrected chi connectivity index (χ2v) is 5.61. The number of nitrogens with one attached hydrogen (secondary N) is 2. The van der Waals surface area contributed by atoms with Crippen molar-refractivity contribution in [2.45, 2.75) is 32.7 Å². The number of aromatic nitrogens is 1. The molecule has 2 saturated carbocycles. The number of oxazole rings is 1. The molecule has 0 aromatic carbocycles. The van der Waals surface area contributed by atoms with E-state index >= 15 is 0 Å². The number of urea groups is 1. The van der Waals surface area contributed by atoms with Crippen LogP contribution in [0.1, 0.15) is 24.3 Å². The van der Waals surface area contributed by atoms with Gasteiger partial charge < -0.3 is 14.8 Å². The first-order valence-corrected chi connectivity index (χ1v) is 6.71. The highest BCUT2D eigenvalue weighted by atomic mass is 16.4. The summed E-state index contributed by atoms with van der Waals surface area (Å²) in [4.78, 5) is 16.0. The number of nitrogens with zero attached hydrogens (tertiary/aromatic N) is 1. The van der Waals surface area contributed by atoms with Crippen molar-refractivity contribution in [2.24, 2.45) is 17.8 Å². The molecule has 4 atom stereocenters. The summed E-state index contributed by atoms with van der Waals surface area (Å²) < 4.78 is 5.31. The Kier molecular flexibility index (Phi) is 2.97. The average molecular weight is 265 g/mol. The van der Waals surface area contributed by atoms with Gasteiger partial charge in [0.2, 0.25) is 0 Å². The molecular formula is C13H19N3O3. The van der Waals surface area contributed by atoms with Gasteiger partial charge in [-0.25, -0.2) is 4.79 Å². The summed E-state index contributed by atoms with van der Waals surface area (Å²) in [7, 11) is 0. The summed E-state index contributed by atoms with van der Waals surface area (Å²) in [6.45, 7) is 3.86. The van der Waals surface area contributed by atoms with Gasteiger partial charge in [-0.05, 0) is 44.4 Å². The molecular weight excluding hydrogens is 246 g/mol. The molecule has 3 N–H and O–H groups in total. The molecule has 0 bridgehead atoms. The Bertz CT molecular complexity index is 480. The van der Waals surface area contributed by atoms with Gasteiger partial charge in [0.15, 0.2) is 0 Å². The molecule has 6 heteroatoms. The topological polar surface area (TPSA) is 87.4 Å². The molecule has 0 unspecified atom stereocenters. The van der Waals surface area contributed by atoms with Gasteiger partial charge in [0.05, 0.1) is 5.69 Å². The van der Waals surface area contributed by atoms with Gasteiger partial charge >= 0.3 is 12.0 Å². The Morgan fingerprint density at radius 1 is 1.42 bits per heavy atom. The molecule has 0 radical (unpaired) electrons. The van der Waals surface area contributed by atoms with Crippen molar-refractivity contribution in [1.29, 1.82) is 0 Å². The second kappa shape index (κ2) is 4.52. The molecule has 2 fully saturated rings. The van der Waals surface area contributed by atoms with Gasteiger partial charge in [0, 0.05) is 12.6 Å². The summed E-state index contributed by atoms with van der Waals surface area (Å²) in [5.74, 6) is 2.19. The number of carbonyl (C=O) groups excluding carboxylic acids is 1. The van der Waals surface area contributed by atoms with E-state index < -0.39 is 0 Å². The van der Waals surface area contributed by atoms with Crippen molar-refractivity contribution < 1.29 is 14.3 Å². The number of rotatable bonds is 3. The maximum atomic E-state index is 11.9. The van der Waals surface area contributed by atoms with Crippen LogP contribution in [0.15, 0.2) is 4.42 Å². The third kappa shape index (κ3) is 2.32. The Labute approximate surface area is 111 Å². The van der Waals surface area contributed by atoms with Crippen molar-refractivity contribution in [3.05, 3.63) is 11.5 Å². The molecule has 6 nitrogen and oxygen atoms in total. The Morgan fingerprint density at radius 2 is 2.21 bits per heavy atom. The molecule has 2 aliphatic carbocycles. The highest BCUT2D eigenvalue weighted by molar-refractivity contribution is 5.87. The van der Waals surface area contributed by atoms with Gasteiger partial charge in [0.25, 0.3) is 0 Å². The normalized spacial score (nSPS) is 31.9. The molecule has 0 spiro atoms. The third-order valence-corrected chi connectivity index (χ3v) is 4.37. The molecule has 19 heavy (non-hydrogen) atoms. The quantitative estimate of drug-likeness (QED) is 0.771. The number of aliphatic hydroxyl groups excluding tert-OH is 1. The minimum absolute atomic E-state index is 0.166. The lowest BCUT2D eigenvalue weighted by Crippen LogP contribution is -2.38. The van der Waals surface area contributed by atoms with E-state index in [1.807, 2.05) is 13.8 Å². The van der Waals surface area contributed by atoms with Crippen LogP contribution in [0.2, 0.25) is 0 Å². The summed E-state index contributed by atoms with van der Waals surface area (Å²) >= 11 is 0. The van der Waals surface area contributed by atoms with E-state index in [4.69, 9.17) is 4.42 Å². The highest BCUT2D eigenvalue weighted by Crippen LogP contribution is 2.55. The van der Waals surface area contributed by atoms with E-state index in [0.717, 1.165) is 18.5 Å². The smallest absolute Gasteiger partial charge is 0.323 e. The fourth-order valence-corrected chi connectivity index (χ4v) is 3.12. The van der Waals surface area contributed by atoms with Crippen molar-refractivity contribution >= 4 is 12.0 Å². The first kappa shape index (κ1) is 12.5. The molecule has 2 amide bonds. The van der Waals surface area contributed by atoms with Crippen molar-refractivity contribution in [3.8, 4) is 0 Å². The van der Waals surface area contributed by atoms with Crippen LogP contribution >= 0.6 is 0 Å². The van der Waals surface area contributed by atoms with Crippen LogP contribution in [0, 0.1) is 31.6 Å². The zero-order valence-electron chi connectivity index (χ0n) is 11.1. The van der Waals surface area contributed by atoms with Gasteiger partial charge in [-0.1, -0.05) is 0 Å². The minimum atomic E-state index is -0.282. The standard InChI is InChI=1S/C13H19N3O3/c1-6-7(2)19-13(14-6)16-12(18)15-11-3-8(5-17)9-4-10(9)11/h8-11,17H,3-5H2,1-2H3,(H2,14,15,16,18)/t8-,9-,10-,11-/m0/s1. The van der Waals surface area contributed by atoms with Gasteiger partial charge in [-0.2, -0.15) is 4.98 Å². The van der Waals surface area contributed by atoms with E-state index in [9.17, 15) is 9.90 Å². The number of aliphatic hydroxyl groups is 1. The van der Waals surface area contributed by atoms with Crippen molar-refractivity contribution in [2.75, 3.05) is 11.9 Å². The van der Waals surface area contributed by atoms with Gasteiger partial charge in [-0.3, -0.25) is 5.32 Å². The monoisotopic (exact) mass is 265 g/mol. The predicted octanol–water partition coefficient (Wildman–Crippen LogP) is 1.43. The maximum Gasteiger partial charge on any atom is 0.323 e. The average Bonchev–Trinajstić information content (AvgIpc) is 2.99. The van der Waals surface area contributed by atoms with E-state index in [1.54, 1.807) is 0 Å². The van der Waals surface area contributed by atoms with Crippen LogP contribution in [0.5, 0.6) is 0 Å². The van der Waals surface area contributed by atoms with Crippen LogP contribution in [-0.2, 0) is 0 Å². The SMILES string of the molecule is Cc1nc(NC(=O)N[C@H]2C[C@@H](CO)[C@@H]3C[C@@H]32)oc1C. The molecule has 2 aliphatic rings. The molecule has 104 valence electrons. The van der Waals surface area contributed by atoms with Crippen LogP contribution < -0.4 is 10.6 Å². The number of amides is 2. The number of hydrogen-bond donors (Lipinski definition) is 3. The van der Waals surface area contributed by atoms with Crippen molar-refractivity contribution in [1.82, 2.24) is 10.3 Å². The van der Waals surface area contributed by atoms with E-state index in [0.29, 0.717) is 23.5 Å². The van der Waals surface area contributed by atoms with Crippen LogP contribution in [0.25, 0.3) is 0 Å².